The molecular weight excluding hydrogens is 419 g/mol. The zero-order valence-electron chi connectivity index (χ0n) is 14.0. The summed E-state index contributed by atoms with van der Waals surface area (Å²) in [5, 5.41) is 16.4. The van der Waals surface area contributed by atoms with E-state index in [0.717, 1.165) is 24.6 Å². The lowest BCUT2D eigenvalue weighted by atomic mass is 10.1. The van der Waals surface area contributed by atoms with E-state index in [-0.39, 0.29) is 29.7 Å². The van der Waals surface area contributed by atoms with Crippen molar-refractivity contribution in [1.29, 1.82) is 0 Å². The molecule has 2 aromatic rings. The van der Waals surface area contributed by atoms with Crippen LogP contribution in [0.1, 0.15) is 5.56 Å². The summed E-state index contributed by atoms with van der Waals surface area (Å²) in [4.78, 5) is 4.19. The minimum atomic E-state index is 0. The highest BCUT2D eigenvalue weighted by Gasteiger charge is 2.04. The topological polar surface area (TPSA) is 70.8 Å². The van der Waals surface area contributed by atoms with Gasteiger partial charge in [-0.05, 0) is 30.2 Å². The quantitative estimate of drug-likeness (QED) is 0.348. The first-order chi connectivity index (χ1) is 11.2. The Morgan fingerprint density at radius 1 is 1.21 bits per heavy atom. The summed E-state index contributed by atoms with van der Waals surface area (Å²) in [6.07, 6.45) is 4.77. The first kappa shape index (κ1) is 20.1. The van der Waals surface area contributed by atoms with Crippen LogP contribution in [0.4, 0.5) is 0 Å². The maximum absolute atomic E-state index is 9.94. The predicted molar refractivity (Wildman–Crippen MR) is 108 cm³/mol. The highest BCUT2D eigenvalue weighted by molar-refractivity contribution is 14.0. The maximum atomic E-state index is 9.94. The van der Waals surface area contributed by atoms with Crippen molar-refractivity contribution in [3.05, 3.63) is 48.3 Å². The number of hydrogen-bond acceptors (Lipinski definition) is 3. The van der Waals surface area contributed by atoms with Crippen LogP contribution in [0.2, 0.25) is 0 Å². The Morgan fingerprint density at radius 2 is 1.92 bits per heavy atom. The molecule has 0 spiro atoms. The number of nitrogens with zero attached hydrogens (tertiary/aromatic N) is 2. The van der Waals surface area contributed by atoms with E-state index in [9.17, 15) is 5.11 Å². The number of methoxy groups -OCH3 is 1. The molecular formula is C17H25IN4O2. The van der Waals surface area contributed by atoms with Crippen molar-refractivity contribution in [3.63, 3.8) is 0 Å². The molecule has 1 aromatic heterocycles. The molecule has 0 bridgehead atoms. The maximum Gasteiger partial charge on any atom is 0.191 e. The van der Waals surface area contributed by atoms with E-state index in [1.165, 1.54) is 0 Å². The molecule has 3 N–H and O–H groups in total. The molecule has 2 rings (SSSR count). The summed E-state index contributed by atoms with van der Waals surface area (Å²) in [7, 11) is 3.33. The molecule has 1 aromatic carbocycles. The third-order valence-corrected chi connectivity index (χ3v) is 3.53. The van der Waals surface area contributed by atoms with Crippen molar-refractivity contribution in [2.24, 2.45) is 4.99 Å². The molecule has 0 aliphatic heterocycles. The Hall–Kier alpha value is -1.90. The fourth-order valence-electron chi connectivity index (χ4n) is 2.24. The number of ether oxygens (including phenoxy) is 1. The number of hydrogen-bond donors (Lipinski definition) is 3. The minimum Gasteiger partial charge on any atom is -0.508 e. The summed E-state index contributed by atoms with van der Waals surface area (Å²) in [5.41, 5.74) is 0.876. The van der Waals surface area contributed by atoms with Gasteiger partial charge in [-0.15, -0.1) is 24.0 Å². The third-order valence-electron chi connectivity index (χ3n) is 3.53. The second-order valence-electron chi connectivity index (χ2n) is 5.09. The molecule has 0 unspecified atom stereocenters. The third kappa shape index (κ3) is 6.31. The van der Waals surface area contributed by atoms with Gasteiger partial charge in [0.1, 0.15) is 11.5 Å². The van der Waals surface area contributed by atoms with E-state index >= 15 is 0 Å². The molecule has 1 heterocycles. The van der Waals surface area contributed by atoms with Crippen LogP contribution in [0.25, 0.3) is 0 Å². The average molecular weight is 444 g/mol. The standard InChI is InChI=1S/C17H24N4O2.HI/c1-18-17(20-9-12-21-10-3-4-11-21)19-8-7-14-5-6-15(23-2)13-16(14)22;/h3-6,10-11,13,22H,7-9,12H2,1-2H3,(H2,18,19,20);1H. The number of aliphatic imine (C=N–C) groups is 1. The Morgan fingerprint density at radius 3 is 2.54 bits per heavy atom. The van der Waals surface area contributed by atoms with Gasteiger partial charge in [-0.3, -0.25) is 4.99 Å². The van der Waals surface area contributed by atoms with E-state index < -0.39 is 0 Å². The number of nitrogens with one attached hydrogen (secondary N) is 2. The normalized spacial score (nSPS) is 10.8. The zero-order chi connectivity index (χ0) is 16.5. The fraction of sp³-hybridized carbons (Fsp3) is 0.353. The van der Waals surface area contributed by atoms with E-state index in [1.807, 2.05) is 36.7 Å². The lowest BCUT2D eigenvalue weighted by molar-refractivity contribution is 0.406. The number of phenolic OH excluding ortho intramolecular Hbond substituents is 1. The number of rotatable bonds is 7. The minimum absolute atomic E-state index is 0. The number of benzene rings is 1. The second-order valence-corrected chi connectivity index (χ2v) is 5.09. The van der Waals surface area contributed by atoms with Crippen LogP contribution >= 0.6 is 24.0 Å². The van der Waals surface area contributed by atoms with Crippen molar-refractivity contribution in [2.75, 3.05) is 27.2 Å². The number of halogens is 1. The summed E-state index contributed by atoms with van der Waals surface area (Å²) in [6.45, 7) is 2.36. The van der Waals surface area contributed by atoms with Crippen molar-refractivity contribution in [1.82, 2.24) is 15.2 Å². The van der Waals surface area contributed by atoms with Crippen LogP contribution in [0, 0.1) is 0 Å². The first-order valence-corrected chi connectivity index (χ1v) is 7.64. The lowest BCUT2D eigenvalue weighted by Gasteiger charge is -2.13. The summed E-state index contributed by atoms with van der Waals surface area (Å²) in [5.74, 6) is 1.66. The fourth-order valence-corrected chi connectivity index (χ4v) is 2.24. The van der Waals surface area contributed by atoms with Gasteiger partial charge >= 0.3 is 0 Å². The molecule has 0 aliphatic rings. The van der Waals surface area contributed by atoms with Gasteiger partial charge in [0.2, 0.25) is 0 Å². The van der Waals surface area contributed by atoms with Crippen LogP contribution in [-0.2, 0) is 13.0 Å². The number of aromatic hydroxyl groups is 1. The van der Waals surface area contributed by atoms with E-state index in [0.29, 0.717) is 18.7 Å². The van der Waals surface area contributed by atoms with E-state index in [1.54, 1.807) is 20.2 Å². The molecule has 0 atom stereocenters. The Bertz CT molecular complexity index is 630. The molecule has 24 heavy (non-hydrogen) atoms. The monoisotopic (exact) mass is 444 g/mol. The molecule has 0 saturated heterocycles. The largest absolute Gasteiger partial charge is 0.508 e. The highest BCUT2D eigenvalue weighted by Crippen LogP contribution is 2.23. The van der Waals surface area contributed by atoms with Crippen LogP contribution in [0.15, 0.2) is 47.7 Å². The van der Waals surface area contributed by atoms with Crippen molar-refractivity contribution < 1.29 is 9.84 Å². The Kier molecular flexibility index (Phi) is 9.06. The highest BCUT2D eigenvalue weighted by atomic mass is 127. The van der Waals surface area contributed by atoms with E-state index in [4.69, 9.17) is 4.74 Å². The van der Waals surface area contributed by atoms with Gasteiger partial charge in [0.05, 0.1) is 7.11 Å². The van der Waals surface area contributed by atoms with E-state index in [2.05, 4.69) is 20.2 Å². The van der Waals surface area contributed by atoms with Crippen LogP contribution in [0.3, 0.4) is 0 Å². The number of phenols is 1. The van der Waals surface area contributed by atoms with Crippen molar-refractivity contribution >= 4 is 29.9 Å². The number of guanidine groups is 1. The SMILES string of the molecule is CN=C(NCCc1ccc(OC)cc1O)NCCn1cccc1.I. The molecule has 0 aliphatic carbocycles. The van der Waals surface area contributed by atoms with Gasteiger partial charge in [-0.1, -0.05) is 6.07 Å². The van der Waals surface area contributed by atoms with Crippen LogP contribution in [-0.4, -0.2) is 42.9 Å². The van der Waals surface area contributed by atoms with Crippen molar-refractivity contribution in [2.45, 2.75) is 13.0 Å². The second kappa shape index (κ2) is 10.8. The van der Waals surface area contributed by atoms with Gasteiger partial charge in [0, 0.05) is 45.1 Å². The molecule has 0 amide bonds. The first-order valence-electron chi connectivity index (χ1n) is 7.64. The van der Waals surface area contributed by atoms with Crippen LogP contribution in [0.5, 0.6) is 11.5 Å². The molecule has 0 radical (unpaired) electrons. The van der Waals surface area contributed by atoms with Gasteiger partial charge in [0.25, 0.3) is 0 Å². The van der Waals surface area contributed by atoms with Crippen LogP contribution < -0.4 is 15.4 Å². The molecule has 0 saturated carbocycles. The van der Waals surface area contributed by atoms with Gasteiger partial charge in [-0.2, -0.15) is 0 Å². The lowest BCUT2D eigenvalue weighted by Crippen LogP contribution is -2.39. The van der Waals surface area contributed by atoms with Gasteiger partial charge in [0.15, 0.2) is 5.96 Å². The smallest absolute Gasteiger partial charge is 0.191 e. The van der Waals surface area contributed by atoms with Gasteiger partial charge in [-0.25, -0.2) is 0 Å². The number of aromatic nitrogens is 1. The molecule has 132 valence electrons. The zero-order valence-corrected chi connectivity index (χ0v) is 16.4. The summed E-state index contributed by atoms with van der Waals surface area (Å²) >= 11 is 0. The Labute approximate surface area is 160 Å². The molecule has 0 fully saturated rings. The van der Waals surface area contributed by atoms with Gasteiger partial charge < -0.3 is 25.0 Å². The molecule has 6 nitrogen and oxygen atoms in total. The predicted octanol–water partition coefficient (Wildman–Crippen LogP) is 2.23. The summed E-state index contributed by atoms with van der Waals surface area (Å²) < 4.78 is 7.19. The van der Waals surface area contributed by atoms with Crippen molar-refractivity contribution in [3.8, 4) is 11.5 Å². The summed E-state index contributed by atoms with van der Waals surface area (Å²) in [6, 6.07) is 9.36. The Balaban J connectivity index is 0.00000288. The average Bonchev–Trinajstić information content (AvgIpc) is 3.08. The molecule has 7 heteroatoms.